The predicted octanol–water partition coefficient (Wildman–Crippen LogP) is 3.82. The number of ether oxygens (including phenoxy) is 2. The van der Waals surface area contributed by atoms with Crippen LogP contribution in [0.4, 0.5) is 0 Å². The molecule has 0 unspecified atom stereocenters. The smallest absolute Gasteiger partial charge is 0.234 e. The standard InChI is InChI=1S/C25H38N2O4/c1-30-19-11-12-20(22(16-19)31-2)24-21-10-6-7-13-25(21,29)14-15-27(24)17-23(28)26-18-8-4-3-5-9-18/h11-12,16,18,21,24,29H,3-10,13-15,17H2,1-2H3,(H,26,28)/t21-,24-,25-/m1/s1. The number of methoxy groups -OCH3 is 2. The summed E-state index contributed by atoms with van der Waals surface area (Å²) in [6, 6.07) is 6.18. The van der Waals surface area contributed by atoms with E-state index < -0.39 is 5.60 Å². The Kier molecular flexibility index (Phi) is 7.07. The molecule has 1 saturated heterocycles. The van der Waals surface area contributed by atoms with E-state index in [0.717, 1.165) is 62.0 Å². The third-order valence-electron chi connectivity index (χ3n) is 7.75. The van der Waals surface area contributed by atoms with Crippen molar-refractivity contribution in [2.24, 2.45) is 5.92 Å². The van der Waals surface area contributed by atoms with Crippen LogP contribution in [0.2, 0.25) is 0 Å². The van der Waals surface area contributed by atoms with Gasteiger partial charge in [0.2, 0.25) is 5.91 Å². The fraction of sp³-hybridized carbons (Fsp3) is 0.720. The topological polar surface area (TPSA) is 71.0 Å². The van der Waals surface area contributed by atoms with Crippen molar-refractivity contribution in [1.82, 2.24) is 10.2 Å². The monoisotopic (exact) mass is 430 g/mol. The third kappa shape index (κ3) is 4.85. The zero-order valence-corrected chi connectivity index (χ0v) is 19.1. The van der Waals surface area contributed by atoms with E-state index in [-0.39, 0.29) is 17.9 Å². The lowest BCUT2D eigenvalue weighted by Crippen LogP contribution is -2.56. The molecule has 172 valence electrons. The lowest BCUT2D eigenvalue weighted by molar-refractivity contribution is -0.138. The first kappa shape index (κ1) is 22.4. The Bertz CT molecular complexity index is 764. The van der Waals surface area contributed by atoms with Crippen molar-refractivity contribution in [3.8, 4) is 11.5 Å². The van der Waals surface area contributed by atoms with Crippen LogP contribution in [0.5, 0.6) is 11.5 Å². The van der Waals surface area contributed by atoms with Crippen molar-refractivity contribution in [2.45, 2.75) is 81.9 Å². The van der Waals surface area contributed by atoms with E-state index >= 15 is 0 Å². The first-order valence-electron chi connectivity index (χ1n) is 12.0. The van der Waals surface area contributed by atoms with Crippen LogP contribution in [0.15, 0.2) is 18.2 Å². The molecule has 0 bridgehead atoms. The third-order valence-corrected chi connectivity index (χ3v) is 7.75. The first-order chi connectivity index (χ1) is 15.0. The average molecular weight is 431 g/mol. The van der Waals surface area contributed by atoms with Crippen LogP contribution >= 0.6 is 0 Å². The average Bonchev–Trinajstić information content (AvgIpc) is 2.79. The van der Waals surface area contributed by atoms with Gasteiger partial charge in [-0.05, 0) is 38.2 Å². The second kappa shape index (κ2) is 9.78. The summed E-state index contributed by atoms with van der Waals surface area (Å²) in [5, 5.41) is 14.8. The summed E-state index contributed by atoms with van der Waals surface area (Å²) in [5.41, 5.74) is 0.378. The zero-order chi connectivity index (χ0) is 21.8. The van der Waals surface area contributed by atoms with Gasteiger partial charge in [-0.15, -0.1) is 0 Å². The molecule has 31 heavy (non-hydrogen) atoms. The van der Waals surface area contributed by atoms with Gasteiger partial charge < -0.3 is 19.9 Å². The van der Waals surface area contributed by atoms with Gasteiger partial charge in [-0.25, -0.2) is 0 Å². The Morgan fingerprint density at radius 1 is 1.10 bits per heavy atom. The van der Waals surface area contributed by atoms with Gasteiger partial charge in [-0.3, -0.25) is 9.69 Å². The molecule has 1 amide bonds. The van der Waals surface area contributed by atoms with Crippen molar-refractivity contribution in [2.75, 3.05) is 27.3 Å². The van der Waals surface area contributed by atoms with E-state index in [2.05, 4.69) is 16.3 Å². The van der Waals surface area contributed by atoms with Crippen LogP contribution < -0.4 is 14.8 Å². The summed E-state index contributed by atoms with van der Waals surface area (Å²) >= 11 is 0. The van der Waals surface area contributed by atoms with E-state index in [1.165, 1.54) is 19.3 Å². The second-order valence-corrected chi connectivity index (χ2v) is 9.63. The highest BCUT2D eigenvalue weighted by molar-refractivity contribution is 5.78. The van der Waals surface area contributed by atoms with Gasteiger partial charge in [0, 0.05) is 36.2 Å². The van der Waals surface area contributed by atoms with Crippen molar-refractivity contribution in [3.63, 3.8) is 0 Å². The predicted molar refractivity (Wildman–Crippen MR) is 120 cm³/mol. The van der Waals surface area contributed by atoms with Gasteiger partial charge in [-0.1, -0.05) is 38.2 Å². The molecule has 0 radical (unpaired) electrons. The molecule has 3 atom stereocenters. The van der Waals surface area contributed by atoms with E-state index in [1.807, 2.05) is 12.1 Å². The largest absolute Gasteiger partial charge is 0.497 e. The number of rotatable bonds is 6. The fourth-order valence-corrected chi connectivity index (χ4v) is 6.10. The molecule has 1 aromatic carbocycles. The van der Waals surface area contributed by atoms with Crippen LogP contribution in [0.3, 0.4) is 0 Å². The lowest BCUT2D eigenvalue weighted by atomic mass is 9.66. The molecule has 2 saturated carbocycles. The maximum Gasteiger partial charge on any atom is 0.234 e. The van der Waals surface area contributed by atoms with Gasteiger partial charge in [0.05, 0.1) is 26.4 Å². The Hall–Kier alpha value is -1.79. The molecule has 2 aliphatic carbocycles. The van der Waals surface area contributed by atoms with Gasteiger partial charge >= 0.3 is 0 Å². The number of hydrogen-bond donors (Lipinski definition) is 2. The van der Waals surface area contributed by atoms with Crippen LogP contribution in [-0.2, 0) is 4.79 Å². The molecule has 0 aromatic heterocycles. The fourth-order valence-electron chi connectivity index (χ4n) is 6.10. The molecule has 2 N–H and O–H groups in total. The van der Waals surface area contributed by atoms with Gasteiger partial charge in [0.15, 0.2) is 0 Å². The summed E-state index contributed by atoms with van der Waals surface area (Å²) in [4.78, 5) is 15.3. The molecular formula is C25H38N2O4. The Labute approximate surface area is 186 Å². The number of benzene rings is 1. The van der Waals surface area contributed by atoms with Gasteiger partial charge in [0.1, 0.15) is 11.5 Å². The minimum absolute atomic E-state index is 0.0444. The number of carbonyl (C=O) groups is 1. The van der Waals surface area contributed by atoms with Crippen molar-refractivity contribution in [3.05, 3.63) is 23.8 Å². The lowest BCUT2D eigenvalue weighted by Gasteiger charge is -2.52. The molecule has 0 spiro atoms. The molecule has 1 heterocycles. The molecular weight excluding hydrogens is 392 g/mol. The summed E-state index contributed by atoms with van der Waals surface area (Å²) < 4.78 is 11.1. The number of nitrogens with zero attached hydrogens (tertiary/aromatic N) is 1. The van der Waals surface area contributed by atoms with E-state index in [0.29, 0.717) is 19.1 Å². The number of piperidine rings is 1. The summed E-state index contributed by atoms with van der Waals surface area (Å²) in [7, 11) is 3.32. The molecule has 4 rings (SSSR count). The maximum absolute atomic E-state index is 13.0. The van der Waals surface area contributed by atoms with E-state index in [4.69, 9.17) is 9.47 Å². The number of carbonyl (C=O) groups excluding carboxylic acids is 1. The number of likely N-dealkylation sites (tertiary alicyclic amines) is 1. The van der Waals surface area contributed by atoms with E-state index in [9.17, 15) is 9.90 Å². The summed E-state index contributed by atoms with van der Waals surface area (Å²) in [6.07, 6.45) is 10.6. The number of fused-ring (bicyclic) bond motifs is 1. The molecule has 3 fully saturated rings. The quantitative estimate of drug-likeness (QED) is 0.718. The Morgan fingerprint density at radius 3 is 2.61 bits per heavy atom. The highest BCUT2D eigenvalue weighted by Crippen LogP contribution is 2.51. The normalized spacial score (nSPS) is 29.8. The first-order valence-corrected chi connectivity index (χ1v) is 12.0. The Morgan fingerprint density at radius 2 is 1.87 bits per heavy atom. The number of amides is 1. The van der Waals surface area contributed by atoms with Crippen molar-refractivity contribution < 1.29 is 19.4 Å². The molecule has 3 aliphatic rings. The molecule has 6 nitrogen and oxygen atoms in total. The summed E-state index contributed by atoms with van der Waals surface area (Å²) in [6.45, 7) is 1.08. The second-order valence-electron chi connectivity index (χ2n) is 9.63. The SMILES string of the molecule is COc1ccc([C@@H]2[C@H]3CCCC[C@@]3(O)CCN2CC(=O)NC2CCCCC2)c(OC)c1. The van der Waals surface area contributed by atoms with Crippen LogP contribution in [-0.4, -0.2) is 54.9 Å². The van der Waals surface area contributed by atoms with E-state index in [1.54, 1.807) is 14.2 Å². The van der Waals surface area contributed by atoms with Crippen molar-refractivity contribution in [1.29, 1.82) is 0 Å². The van der Waals surface area contributed by atoms with Crippen LogP contribution in [0, 0.1) is 5.92 Å². The molecule has 6 heteroatoms. The number of hydrogen-bond acceptors (Lipinski definition) is 5. The van der Waals surface area contributed by atoms with Crippen LogP contribution in [0.1, 0.15) is 75.8 Å². The molecule has 1 aliphatic heterocycles. The summed E-state index contributed by atoms with van der Waals surface area (Å²) in [5.74, 6) is 1.71. The van der Waals surface area contributed by atoms with Gasteiger partial charge in [-0.2, -0.15) is 0 Å². The van der Waals surface area contributed by atoms with Crippen molar-refractivity contribution >= 4 is 5.91 Å². The van der Waals surface area contributed by atoms with Crippen LogP contribution in [0.25, 0.3) is 0 Å². The Balaban J connectivity index is 1.60. The number of aliphatic hydroxyl groups is 1. The number of nitrogens with one attached hydrogen (secondary N) is 1. The highest BCUT2D eigenvalue weighted by atomic mass is 16.5. The highest BCUT2D eigenvalue weighted by Gasteiger charge is 2.49. The zero-order valence-electron chi connectivity index (χ0n) is 19.1. The van der Waals surface area contributed by atoms with Gasteiger partial charge in [0.25, 0.3) is 0 Å². The molecule has 1 aromatic rings. The maximum atomic E-state index is 13.0. The minimum atomic E-state index is -0.662. The minimum Gasteiger partial charge on any atom is -0.497 e.